The fourth-order valence-electron chi connectivity index (χ4n) is 3.73. The molecule has 0 radical (unpaired) electrons. The number of benzene rings is 1. The van der Waals surface area contributed by atoms with Gasteiger partial charge < -0.3 is 4.90 Å². The Hall–Kier alpha value is -2.36. The molecular formula is C20H24N4. The van der Waals surface area contributed by atoms with Crippen LogP contribution in [0.1, 0.15) is 31.0 Å². The zero-order chi connectivity index (χ0) is 16.7. The number of hydrogen-bond acceptors (Lipinski definition) is 3. The van der Waals surface area contributed by atoms with E-state index in [2.05, 4.69) is 64.5 Å². The predicted octanol–water partition coefficient (Wildman–Crippen LogP) is 4.27. The van der Waals surface area contributed by atoms with Crippen LogP contribution in [0.25, 0.3) is 16.7 Å². The Kier molecular flexibility index (Phi) is 3.75. The van der Waals surface area contributed by atoms with Crippen molar-refractivity contribution in [2.24, 2.45) is 5.92 Å². The molecule has 0 spiro atoms. The van der Waals surface area contributed by atoms with Crippen LogP contribution in [0.4, 0.5) is 5.82 Å². The lowest BCUT2D eigenvalue weighted by Crippen LogP contribution is -2.33. The first-order chi connectivity index (χ1) is 11.7. The highest BCUT2D eigenvalue weighted by Crippen LogP contribution is 2.34. The van der Waals surface area contributed by atoms with Gasteiger partial charge in [-0.2, -0.15) is 0 Å². The minimum absolute atomic E-state index is 0.815. The summed E-state index contributed by atoms with van der Waals surface area (Å²) >= 11 is 0. The van der Waals surface area contributed by atoms with E-state index in [1.807, 2.05) is 6.07 Å². The number of aromatic nitrogens is 3. The number of para-hydroxylation sites is 1. The van der Waals surface area contributed by atoms with Crippen molar-refractivity contribution in [2.45, 2.75) is 33.6 Å². The van der Waals surface area contributed by atoms with E-state index in [-0.39, 0.29) is 0 Å². The zero-order valence-corrected chi connectivity index (χ0v) is 14.7. The molecule has 0 amide bonds. The summed E-state index contributed by atoms with van der Waals surface area (Å²) in [6.07, 6.45) is 4.19. The largest absolute Gasteiger partial charge is 0.356 e. The highest BCUT2D eigenvalue weighted by Gasteiger charge is 2.23. The van der Waals surface area contributed by atoms with Crippen molar-refractivity contribution in [3.63, 3.8) is 0 Å². The number of hydrogen-bond donors (Lipinski definition) is 0. The molecule has 2 aromatic heterocycles. The Labute approximate surface area is 143 Å². The second kappa shape index (κ2) is 5.93. The first kappa shape index (κ1) is 15.2. The van der Waals surface area contributed by atoms with E-state index in [1.54, 1.807) is 6.33 Å². The number of fused-ring (bicyclic) bond motifs is 1. The molecule has 1 aliphatic heterocycles. The van der Waals surface area contributed by atoms with Crippen molar-refractivity contribution < 1.29 is 0 Å². The third-order valence-electron chi connectivity index (χ3n) is 5.37. The lowest BCUT2D eigenvalue weighted by atomic mass is 9.99. The van der Waals surface area contributed by atoms with Gasteiger partial charge in [-0.05, 0) is 50.3 Å². The molecule has 0 atom stereocenters. The maximum absolute atomic E-state index is 4.67. The molecular weight excluding hydrogens is 296 g/mol. The van der Waals surface area contributed by atoms with E-state index >= 15 is 0 Å². The smallest absolute Gasteiger partial charge is 0.150 e. The van der Waals surface area contributed by atoms with Crippen molar-refractivity contribution >= 4 is 16.9 Å². The van der Waals surface area contributed by atoms with Gasteiger partial charge in [0.1, 0.15) is 12.1 Å². The average Bonchev–Trinajstić information content (AvgIpc) is 2.88. The molecule has 1 fully saturated rings. The quantitative estimate of drug-likeness (QED) is 0.707. The summed E-state index contributed by atoms with van der Waals surface area (Å²) in [6.45, 7) is 8.88. The minimum atomic E-state index is 0.815. The van der Waals surface area contributed by atoms with Gasteiger partial charge in [0.25, 0.3) is 0 Å². The Balaban J connectivity index is 1.90. The van der Waals surface area contributed by atoms with Gasteiger partial charge in [-0.1, -0.05) is 25.1 Å². The SMILES string of the molecule is Cc1c(C)n(-c2ccccc2)c2ncnc(N3CCC(C)CC3)c12. The molecule has 0 aliphatic carbocycles. The molecule has 4 nitrogen and oxygen atoms in total. The van der Waals surface area contributed by atoms with E-state index in [0.717, 1.165) is 36.2 Å². The monoisotopic (exact) mass is 320 g/mol. The second-order valence-corrected chi connectivity index (χ2v) is 6.95. The summed E-state index contributed by atoms with van der Waals surface area (Å²) in [7, 11) is 0. The predicted molar refractivity (Wildman–Crippen MR) is 99.0 cm³/mol. The van der Waals surface area contributed by atoms with E-state index in [0.29, 0.717) is 0 Å². The fourth-order valence-corrected chi connectivity index (χ4v) is 3.73. The summed E-state index contributed by atoms with van der Waals surface area (Å²) in [5.74, 6) is 1.91. The first-order valence-corrected chi connectivity index (χ1v) is 8.80. The van der Waals surface area contributed by atoms with Crippen LogP contribution in [-0.4, -0.2) is 27.6 Å². The number of nitrogens with zero attached hydrogens (tertiary/aromatic N) is 4. The van der Waals surface area contributed by atoms with Gasteiger partial charge in [-0.15, -0.1) is 0 Å². The van der Waals surface area contributed by atoms with Crippen LogP contribution in [0.3, 0.4) is 0 Å². The summed E-state index contributed by atoms with van der Waals surface area (Å²) in [4.78, 5) is 11.7. The third-order valence-corrected chi connectivity index (χ3v) is 5.37. The molecule has 4 heteroatoms. The molecule has 0 bridgehead atoms. The van der Waals surface area contributed by atoms with Gasteiger partial charge in [0.05, 0.1) is 5.39 Å². The zero-order valence-electron chi connectivity index (χ0n) is 14.7. The second-order valence-electron chi connectivity index (χ2n) is 6.95. The molecule has 1 saturated heterocycles. The van der Waals surface area contributed by atoms with Crippen molar-refractivity contribution in [1.82, 2.24) is 14.5 Å². The Morgan fingerprint density at radius 3 is 2.42 bits per heavy atom. The number of piperidine rings is 1. The number of rotatable bonds is 2. The van der Waals surface area contributed by atoms with Gasteiger partial charge in [0.15, 0.2) is 5.65 Å². The molecule has 1 aromatic carbocycles. The first-order valence-electron chi connectivity index (χ1n) is 8.80. The van der Waals surface area contributed by atoms with E-state index in [1.165, 1.54) is 29.5 Å². The van der Waals surface area contributed by atoms with Crippen LogP contribution in [-0.2, 0) is 0 Å². The normalized spacial score (nSPS) is 16.0. The highest BCUT2D eigenvalue weighted by molar-refractivity contribution is 5.93. The Bertz CT molecular complexity index is 858. The highest BCUT2D eigenvalue weighted by atomic mass is 15.2. The van der Waals surface area contributed by atoms with E-state index in [4.69, 9.17) is 0 Å². The molecule has 0 N–H and O–H groups in total. The minimum Gasteiger partial charge on any atom is -0.356 e. The van der Waals surface area contributed by atoms with Crippen LogP contribution in [0, 0.1) is 19.8 Å². The number of aryl methyl sites for hydroxylation is 1. The standard InChI is InChI=1S/C20H24N4/c1-14-9-11-23(12-10-14)19-18-15(2)16(3)24(20(18)22-13-21-19)17-7-5-4-6-8-17/h4-8,13-14H,9-12H2,1-3H3. The van der Waals surface area contributed by atoms with Crippen molar-refractivity contribution in [3.05, 3.63) is 47.9 Å². The molecule has 3 aromatic rings. The van der Waals surface area contributed by atoms with E-state index < -0.39 is 0 Å². The Morgan fingerprint density at radius 1 is 1.00 bits per heavy atom. The van der Waals surface area contributed by atoms with Crippen molar-refractivity contribution in [1.29, 1.82) is 0 Å². The van der Waals surface area contributed by atoms with Gasteiger partial charge in [-0.25, -0.2) is 9.97 Å². The van der Waals surface area contributed by atoms with E-state index in [9.17, 15) is 0 Å². The Morgan fingerprint density at radius 2 is 1.71 bits per heavy atom. The summed E-state index contributed by atoms with van der Waals surface area (Å²) < 4.78 is 2.25. The summed E-state index contributed by atoms with van der Waals surface area (Å²) in [6, 6.07) is 10.5. The lowest BCUT2D eigenvalue weighted by molar-refractivity contribution is 0.437. The van der Waals surface area contributed by atoms with Gasteiger partial charge in [-0.3, -0.25) is 4.57 Å². The van der Waals surface area contributed by atoms with Crippen LogP contribution >= 0.6 is 0 Å². The van der Waals surface area contributed by atoms with Gasteiger partial charge >= 0.3 is 0 Å². The summed E-state index contributed by atoms with van der Waals surface area (Å²) in [5, 5.41) is 1.20. The average molecular weight is 320 g/mol. The fraction of sp³-hybridized carbons (Fsp3) is 0.400. The molecule has 24 heavy (non-hydrogen) atoms. The van der Waals surface area contributed by atoms with Crippen LogP contribution < -0.4 is 4.90 Å². The third kappa shape index (κ3) is 2.37. The van der Waals surface area contributed by atoms with Crippen molar-refractivity contribution in [2.75, 3.05) is 18.0 Å². The topological polar surface area (TPSA) is 34.0 Å². The molecule has 3 heterocycles. The lowest BCUT2D eigenvalue weighted by Gasteiger charge is -2.31. The molecule has 4 rings (SSSR count). The molecule has 124 valence electrons. The van der Waals surface area contributed by atoms with Crippen LogP contribution in [0.15, 0.2) is 36.7 Å². The maximum atomic E-state index is 4.67. The molecule has 1 aliphatic rings. The summed E-state index contributed by atoms with van der Waals surface area (Å²) in [5.41, 5.74) is 4.69. The molecule has 0 unspecified atom stereocenters. The number of anilines is 1. The van der Waals surface area contributed by atoms with Crippen molar-refractivity contribution in [3.8, 4) is 5.69 Å². The van der Waals surface area contributed by atoms with Gasteiger partial charge in [0.2, 0.25) is 0 Å². The molecule has 0 saturated carbocycles. The van der Waals surface area contributed by atoms with Crippen LogP contribution in [0.2, 0.25) is 0 Å². The van der Waals surface area contributed by atoms with Crippen LogP contribution in [0.5, 0.6) is 0 Å². The maximum Gasteiger partial charge on any atom is 0.150 e. The van der Waals surface area contributed by atoms with Gasteiger partial charge in [0, 0.05) is 24.5 Å².